The number of aryl methyl sites for hydroxylation is 1. The zero-order chi connectivity index (χ0) is 16.2. The molecule has 120 valence electrons. The molecule has 0 amide bonds. The molecule has 0 N–H and O–H groups in total. The molecule has 0 fully saturated rings. The van der Waals surface area contributed by atoms with Crippen LogP contribution in [0.3, 0.4) is 0 Å². The lowest BCUT2D eigenvalue weighted by Gasteiger charge is -2.23. The minimum Gasteiger partial charge on any atom is -0.464 e. The Balaban J connectivity index is 1.98. The SMILES string of the molecule is COCCN(Cc1ccc(C)o1)c1ncnc2cc(Cl)ccc12. The minimum atomic E-state index is 0.596. The first kappa shape index (κ1) is 15.8. The van der Waals surface area contributed by atoms with E-state index in [0.717, 1.165) is 28.2 Å². The van der Waals surface area contributed by atoms with E-state index in [9.17, 15) is 0 Å². The molecular weight excluding hydrogens is 314 g/mol. The number of anilines is 1. The van der Waals surface area contributed by atoms with Gasteiger partial charge in [-0.1, -0.05) is 11.6 Å². The summed E-state index contributed by atoms with van der Waals surface area (Å²) in [4.78, 5) is 10.9. The van der Waals surface area contributed by atoms with Gasteiger partial charge in [0.1, 0.15) is 23.7 Å². The fourth-order valence-electron chi connectivity index (χ4n) is 2.49. The number of methoxy groups -OCH3 is 1. The normalized spacial score (nSPS) is 11.1. The fraction of sp³-hybridized carbons (Fsp3) is 0.294. The minimum absolute atomic E-state index is 0.596. The Bertz CT molecular complexity index is 803. The molecule has 3 aromatic rings. The monoisotopic (exact) mass is 331 g/mol. The van der Waals surface area contributed by atoms with Crippen LogP contribution < -0.4 is 4.90 Å². The third kappa shape index (κ3) is 3.63. The highest BCUT2D eigenvalue weighted by molar-refractivity contribution is 6.31. The number of furan rings is 1. The Morgan fingerprint density at radius 3 is 2.83 bits per heavy atom. The van der Waals surface area contributed by atoms with Gasteiger partial charge in [0.15, 0.2) is 0 Å². The zero-order valence-corrected chi connectivity index (χ0v) is 13.9. The van der Waals surface area contributed by atoms with Crippen molar-refractivity contribution in [3.05, 3.63) is 53.2 Å². The molecule has 0 saturated heterocycles. The second-order valence-electron chi connectivity index (χ2n) is 5.29. The number of hydrogen-bond donors (Lipinski definition) is 0. The summed E-state index contributed by atoms with van der Waals surface area (Å²) in [6.07, 6.45) is 1.56. The van der Waals surface area contributed by atoms with E-state index in [1.165, 1.54) is 0 Å². The van der Waals surface area contributed by atoms with Crippen LogP contribution >= 0.6 is 11.6 Å². The average molecular weight is 332 g/mol. The summed E-state index contributed by atoms with van der Waals surface area (Å²) in [6.45, 7) is 3.85. The van der Waals surface area contributed by atoms with Crippen LogP contribution in [0.2, 0.25) is 5.02 Å². The van der Waals surface area contributed by atoms with E-state index in [0.29, 0.717) is 24.7 Å². The van der Waals surface area contributed by atoms with E-state index < -0.39 is 0 Å². The number of ether oxygens (including phenoxy) is 1. The van der Waals surface area contributed by atoms with Crippen LogP contribution in [-0.2, 0) is 11.3 Å². The van der Waals surface area contributed by atoms with Crippen molar-refractivity contribution in [2.24, 2.45) is 0 Å². The number of rotatable bonds is 6. The van der Waals surface area contributed by atoms with E-state index in [1.807, 2.05) is 37.3 Å². The van der Waals surface area contributed by atoms with Crippen molar-refractivity contribution in [1.82, 2.24) is 9.97 Å². The number of aromatic nitrogens is 2. The van der Waals surface area contributed by atoms with Gasteiger partial charge in [-0.25, -0.2) is 9.97 Å². The Kier molecular flexibility index (Phi) is 4.79. The molecule has 3 rings (SSSR count). The van der Waals surface area contributed by atoms with Gasteiger partial charge in [-0.3, -0.25) is 0 Å². The molecule has 0 radical (unpaired) electrons. The van der Waals surface area contributed by atoms with Crippen LogP contribution in [0.1, 0.15) is 11.5 Å². The maximum Gasteiger partial charge on any atom is 0.140 e. The number of nitrogens with zero attached hydrogens (tertiary/aromatic N) is 3. The zero-order valence-electron chi connectivity index (χ0n) is 13.1. The second kappa shape index (κ2) is 6.98. The summed E-state index contributed by atoms with van der Waals surface area (Å²) in [6, 6.07) is 9.58. The van der Waals surface area contributed by atoms with E-state index in [4.69, 9.17) is 20.8 Å². The van der Waals surface area contributed by atoms with Crippen LogP contribution in [0.5, 0.6) is 0 Å². The van der Waals surface area contributed by atoms with E-state index in [-0.39, 0.29) is 0 Å². The standard InChI is InChI=1S/C17H18ClN3O2/c1-12-3-5-14(23-12)10-21(7-8-22-2)17-15-6-4-13(18)9-16(15)19-11-20-17/h3-6,9,11H,7-8,10H2,1-2H3. The molecule has 0 aliphatic heterocycles. The lowest BCUT2D eigenvalue weighted by molar-refractivity contribution is 0.204. The molecule has 2 aromatic heterocycles. The average Bonchev–Trinajstić information content (AvgIpc) is 2.95. The van der Waals surface area contributed by atoms with Crippen molar-refractivity contribution < 1.29 is 9.15 Å². The third-order valence-electron chi connectivity index (χ3n) is 3.59. The van der Waals surface area contributed by atoms with Crippen molar-refractivity contribution in [3.63, 3.8) is 0 Å². The van der Waals surface area contributed by atoms with Crippen molar-refractivity contribution in [2.45, 2.75) is 13.5 Å². The third-order valence-corrected chi connectivity index (χ3v) is 3.82. The van der Waals surface area contributed by atoms with Crippen molar-refractivity contribution in [1.29, 1.82) is 0 Å². The Morgan fingerprint density at radius 1 is 1.22 bits per heavy atom. The van der Waals surface area contributed by atoms with Gasteiger partial charge in [-0.2, -0.15) is 0 Å². The summed E-state index contributed by atoms with van der Waals surface area (Å²) < 4.78 is 10.9. The summed E-state index contributed by atoms with van der Waals surface area (Å²) in [5.74, 6) is 2.63. The molecule has 0 bridgehead atoms. The predicted molar refractivity (Wildman–Crippen MR) is 90.9 cm³/mol. The van der Waals surface area contributed by atoms with Crippen LogP contribution in [0, 0.1) is 6.92 Å². The number of halogens is 1. The largest absolute Gasteiger partial charge is 0.464 e. The highest BCUT2D eigenvalue weighted by Crippen LogP contribution is 2.26. The lowest BCUT2D eigenvalue weighted by atomic mass is 10.2. The molecule has 5 nitrogen and oxygen atoms in total. The Labute approximate surface area is 139 Å². The van der Waals surface area contributed by atoms with Crippen LogP contribution in [0.15, 0.2) is 41.1 Å². The molecular formula is C17H18ClN3O2. The van der Waals surface area contributed by atoms with E-state index in [1.54, 1.807) is 13.4 Å². The maximum atomic E-state index is 6.06. The molecule has 0 aliphatic carbocycles. The fourth-order valence-corrected chi connectivity index (χ4v) is 2.65. The molecule has 0 spiro atoms. The molecule has 1 aromatic carbocycles. The molecule has 2 heterocycles. The topological polar surface area (TPSA) is 51.4 Å². The lowest BCUT2D eigenvalue weighted by Crippen LogP contribution is -2.27. The van der Waals surface area contributed by atoms with Crippen molar-refractivity contribution in [3.8, 4) is 0 Å². The van der Waals surface area contributed by atoms with E-state index >= 15 is 0 Å². The van der Waals surface area contributed by atoms with Gasteiger partial charge in [0.05, 0.1) is 18.7 Å². The molecule has 0 saturated carbocycles. The first-order valence-corrected chi connectivity index (χ1v) is 7.74. The van der Waals surface area contributed by atoms with Gasteiger partial charge in [0.25, 0.3) is 0 Å². The first-order valence-electron chi connectivity index (χ1n) is 7.37. The van der Waals surface area contributed by atoms with Crippen molar-refractivity contribution >= 4 is 28.3 Å². The van der Waals surface area contributed by atoms with Crippen molar-refractivity contribution in [2.75, 3.05) is 25.2 Å². The predicted octanol–water partition coefficient (Wildman–Crippen LogP) is 3.84. The molecule has 6 heteroatoms. The highest BCUT2D eigenvalue weighted by atomic mass is 35.5. The van der Waals surface area contributed by atoms with Gasteiger partial charge < -0.3 is 14.1 Å². The Morgan fingerprint density at radius 2 is 2.09 bits per heavy atom. The smallest absolute Gasteiger partial charge is 0.140 e. The van der Waals surface area contributed by atoms with Crippen LogP contribution in [0.25, 0.3) is 10.9 Å². The van der Waals surface area contributed by atoms with Gasteiger partial charge in [-0.05, 0) is 37.3 Å². The summed E-state index contributed by atoms with van der Waals surface area (Å²) in [5.41, 5.74) is 0.820. The number of fused-ring (bicyclic) bond motifs is 1. The number of hydrogen-bond acceptors (Lipinski definition) is 5. The second-order valence-corrected chi connectivity index (χ2v) is 5.72. The van der Waals surface area contributed by atoms with Gasteiger partial charge in [0, 0.05) is 24.1 Å². The van der Waals surface area contributed by atoms with Crippen LogP contribution in [0.4, 0.5) is 5.82 Å². The molecule has 23 heavy (non-hydrogen) atoms. The number of benzene rings is 1. The van der Waals surface area contributed by atoms with Gasteiger partial charge in [-0.15, -0.1) is 0 Å². The molecule has 0 aliphatic rings. The van der Waals surface area contributed by atoms with Gasteiger partial charge >= 0.3 is 0 Å². The Hall–Kier alpha value is -2.11. The maximum absolute atomic E-state index is 6.06. The summed E-state index contributed by atoms with van der Waals surface area (Å²) >= 11 is 6.06. The van der Waals surface area contributed by atoms with Gasteiger partial charge in [0.2, 0.25) is 0 Å². The van der Waals surface area contributed by atoms with Crippen LogP contribution in [-0.4, -0.2) is 30.2 Å². The summed E-state index contributed by atoms with van der Waals surface area (Å²) in [5, 5.41) is 1.61. The van der Waals surface area contributed by atoms with E-state index in [2.05, 4.69) is 14.9 Å². The highest BCUT2D eigenvalue weighted by Gasteiger charge is 2.15. The summed E-state index contributed by atoms with van der Waals surface area (Å²) in [7, 11) is 1.69. The quantitative estimate of drug-likeness (QED) is 0.687. The molecule has 0 atom stereocenters. The molecule has 0 unspecified atom stereocenters. The first-order chi connectivity index (χ1) is 11.2.